The van der Waals surface area contributed by atoms with E-state index in [4.69, 9.17) is 39.5 Å². The molecule has 1 aromatic heterocycles. The van der Waals surface area contributed by atoms with E-state index in [-0.39, 0.29) is 0 Å². The normalized spacial score (nSPS) is 10.6. The molecular weight excluding hydrogens is 374 g/mol. The maximum absolute atomic E-state index is 6.09. The van der Waals surface area contributed by atoms with Crippen LogP contribution in [0.3, 0.4) is 0 Å². The zero-order valence-corrected chi connectivity index (χ0v) is 13.8. The highest BCUT2D eigenvalue weighted by molar-refractivity contribution is 9.10. The van der Waals surface area contributed by atoms with Crippen LogP contribution in [0.5, 0.6) is 11.6 Å². The number of halogens is 4. The van der Waals surface area contributed by atoms with Crippen molar-refractivity contribution in [1.82, 2.24) is 9.97 Å². The SMILES string of the molecule is Cc1nc(Cl)c(C)c(Oc2cc(Cl)c(Br)cc2Cl)n1. The van der Waals surface area contributed by atoms with Gasteiger partial charge in [-0.05, 0) is 35.8 Å². The number of aryl methyl sites for hydroxylation is 1. The third-order valence-corrected chi connectivity index (χ3v) is 4.20. The Morgan fingerprint density at radius 1 is 1.05 bits per heavy atom. The standard InChI is InChI=1S/C12H8BrCl3N2O/c1-5-11(16)17-6(2)18-12(5)19-10-4-8(14)7(13)3-9(10)15/h3-4H,1-2H3. The number of ether oxygens (including phenoxy) is 1. The predicted molar refractivity (Wildman–Crippen MR) is 80.8 cm³/mol. The second-order valence-electron chi connectivity index (χ2n) is 3.79. The van der Waals surface area contributed by atoms with E-state index in [2.05, 4.69) is 25.9 Å². The predicted octanol–water partition coefficient (Wildman–Crippen LogP) is 5.61. The monoisotopic (exact) mass is 380 g/mol. The van der Waals surface area contributed by atoms with E-state index in [1.54, 1.807) is 26.0 Å². The van der Waals surface area contributed by atoms with Gasteiger partial charge in [-0.1, -0.05) is 34.8 Å². The van der Waals surface area contributed by atoms with Crippen LogP contribution in [0.1, 0.15) is 11.4 Å². The lowest BCUT2D eigenvalue weighted by atomic mass is 10.3. The first-order valence-corrected chi connectivity index (χ1v) is 7.14. The lowest BCUT2D eigenvalue weighted by Crippen LogP contribution is -1.98. The highest BCUT2D eigenvalue weighted by Gasteiger charge is 2.13. The van der Waals surface area contributed by atoms with E-state index in [1.165, 1.54) is 0 Å². The van der Waals surface area contributed by atoms with Gasteiger partial charge in [-0.15, -0.1) is 0 Å². The average molecular weight is 382 g/mol. The molecule has 19 heavy (non-hydrogen) atoms. The Morgan fingerprint density at radius 2 is 1.74 bits per heavy atom. The lowest BCUT2D eigenvalue weighted by Gasteiger charge is -2.11. The molecule has 100 valence electrons. The molecule has 0 bridgehead atoms. The van der Waals surface area contributed by atoms with E-state index in [1.807, 2.05) is 0 Å². The zero-order valence-electron chi connectivity index (χ0n) is 9.97. The minimum Gasteiger partial charge on any atom is -0.437 e. The van der Waals surface area contributed by atoms with Crippen LogP contribution in [0.4, 0.5) is 0 Å². The molecule has 0 fully saturated rings. The molecule has 1 aromatic carbocycles. The Hall–Kier alpha value is -0.550. The van der Waals surface area contributed by atoms with Gasteiger partial charge in [-0.25, -0.2) is 4.98 Å². The van der Waals surface area contributed by atoms with Gasteiger partial charge in [0.05, 0.1) is 10.0 Å². The van der Waals surface area contributed by atoms with Crippen molar-refractivity contribution in [2.45, 2.75) is 13.8 Å². The summed E-state index contributed by atoms with van der Waals surface area (Å²) in [6.07, 6.45) is 0. The largest absolute Gasteiger partial charge is 0.437 e. The molecule has 0 aliphatic rings. The van der Waals surface area contributed by atoms with Crippen molar-refractivity contribution in [3.8, 4) is 11.6 Å². The van der Waals surface area contributed by atoms with E-state index in [0.717, 1.165) is 0 Å². The van der Waals surface area contributed by atoms with Crippen molar-refractivity contribution >= 4 is 50.7 Å². The third kappa shape index (κ3) is 3.31. The van der Waals surface area contributed by atoms with Gasteiger partial charge in [0.2, 0.25) is 5.88 Å². The molecule has 0 aliphatic carbocycles. The number of nitrogens with zero attached hydrogens (tertiary/aromatic N) is 2. The molecule has 7 heteroatoms. The van der Waals surface area contributed by atoms with Gasteiger partial charge in [0, 0.05) is 16.1 Å². The Labute approximate surface area is 134 Å². The van der Waals surface area contributed by atoms with Crippen LogP contribution >= 0.6 is 50.7 Å². The quantitative estimate of drug-likeness (QED) is 0.500. The molecule has 0 saturated heterocycles. The van der Waals surface area contributed by atoms with Gasteiger partial charge in [0.1, 0.15) is 16.7 Å². The van der Waals surface area contributed by atoms with Crippen LogP contribution in [0, 0.1) is 13.8 Å². The molecule has 3 nitrogen and oxygen atoms in total. The molecular formula is C12H8BrCl3N2O. The molecule has 0 radical (unpaired) electrons. The van der Waals surface area contributed by atoms with Crippen molar-refractivity contribution in [2.24, 2.45) is 0 Å². The van der Waals surface area contributed by atoms with Crippen LogP contribution in [0.2, 0.25) is 15.2 Å². The van der Waals surface area contributed by atoms with Gasteiger partial charge in [0.15, 0.2) is 0 Å². The second-order valence-corrected chi connectivity index (χ2v) is 5.82. The minimum absolute atomic E-state index is 0.349. The highest BCUT2D eigenvalue weighted by atomic mass is 79.9. The lowest BCUT2D eigenvalue weighted by molar-refractivity contribution is 0.456. The van der Waals surface area contributed by atoms with Crippen molar-refractivity contribution in [3.05, 3.63) is 43.2 Å². The summed E-state index contributed by atoms with van der Waals surface area (Å²) < 4.78 is 6.36. The summed E-state index contributed by atoms with van der Waals surface area (Å²) in [6.45, 7) is 3.50. The fraction of sp³-hybridized carbons (Fsp3) is 0.167. The van der Waals surface area contributed by atoms with Gasteiger partial charge in [0.25, 0.3) is 0 Å². The van der Waals surface area contributed by atoms with E-state index >= 15 is 0 Å². The molecule has 0 aliphatic heterocycles. The van der Waals surface area contributed by atoms with E-state index in [9.17, 15) is 0 Å². The minimum atomic E-state index is 0.349. The fourth-order valence-corrected chi connectivity index (χ4v) is 2.39. The van der Waals surface area contributed by atoms with E-state index < -0.39 is 0 Å². The summed E-state index contributed by atoms with van der Waals surface area (Å²) in [5.41, 5.74) is 0.641. The van der Waals surface area contributed by atoms with Crippen LogP contribution in [0.25, 0.3) is 0 Å². The summed E-state index contributed by atoms with van der Waals surface area (Å²) in [6, 6.07) is 3.27. The molecule has 2 aromatic rings. The van der Waals surface area contributed by atoms with Gasteiger partial charge in [-0.3, -0.25) is 0 Å². The summed E-state index contributed by atoms with van der Waals surface area (Å²) in [7, 11) is 0. The first kappa shape index (κ1) is 14.9. The number of aromatic nitrogens is 2. The first-order chi connectivity index (χ1) is 8.88. The van der Waals surface area contributed by atoms with Crippen molar-refractivity contribution < 1.29 is 4.74 Å². The molecule has 0 spiro atoms. The van der Waals surface area contributed by atoms with Crippen LogP contribution < -0.4 is 4.74 Å². The summed E-state index contributed by atoms with van der Waals surface area (Å²) in [5, 5.41) is 1.26. The van der Waals surface area contributed by atoms with Crippen molar-refractivity contribution in [1.29, 1.82) is 0 Å². The van der Waals surface area contributed by atoms with Gasteiger partial charge in [-0.2, -0.15) is 4.98 Å². The van der Waals surface area contributed by atoms with Crippen molar-refractivity contribution in [3.63, 3.8) is 0 Å². The third-order valence-electron chi connectivity index (χ3n) is 2.33. The highest BCUT2D eigenvalue weighted by Crippen LogP contribution is 2.37. The number of benzene rings is 1. The Balaban J connectivity index is 2.44. The molecule has 2 rings (SSSR count). The van der Waals surface area contributed by atoms with E-state index in [0.29, 0.717) is 42.7 Å². The topological polar surface area (TPSA) is 35.0 Å². The Morgan fingerprint density at radius 3 is 2.42 bits per heavy atom. The maximum atomic E-state index is 6.09. The summed E-state index contributed by atoms with van der Waals surface area (Å²) >= 11 is 21.4. The van der Waals surface area contributed by atoms with Crippen LogP contribution in [0.15, 0.2) is 16.6 Å². The Kier molecular flexibility index (Phi) is 4.56. The van der Waals surface area contributed by atoms with Gasteiger partial charge >= 0.3 is 0 Å². The molecule has 0 N–H and O–H groups in total. The first-order valence-electron chi connectivity index (χ1n) is 5.21. The molecule has 0 saturated carbocycles. The zero-order chi connectivity index (χ0) is 14.2. The van der Waals surface area contributed by atoms with Gasteiger partial charge < -0.3 is 4.74 Å². The molecule has 0 amide bonds. The summed E-state index contributed by atoms with van der Waals surface area (Å²) in [5.74, 6) is 1.29. The smallest absolute Gasteiger partial charge is 0.227 e. The average Bonchev–Trinajstić information content (AvgIpc) is 2.32. The summed E-state index contributed by atoms with van der Waals surface area (Å²) in [4.78, 5) is 8.23. The number of hydrogen-bond donors (Lipinski definition) is 0. The number of hydrogen-bond acceptors (Lipinski definition) is 3. The molecule has 1 heterocycles. The number of rotatable bonds is 2. The molecule has 0 unspecified atom stereocenters. The second kappa shape index (κ2) is 5.83. The van der Waals surface area contributed by atoms with Crippen LogP contribution in [-0.2, 0) is 0 Å². The molecule has 0 atom stereocenters. The maximum Gasteiger partial charge on any atom is 0.227 e. The fourth-order valence-electron chi connectivity index (χ4n) is 1.36. The van der Waals surface area contributed by atoms with Crippen molar-refractivity contribution in [2.75, 3.05) is 0 Å². The van der Waals surface area contributed by atoms with Crippen LogP contribution in [-0.4, -0.2) is 9.97 Å². The Bertz CT molecular complexity index is 649.